The predicted molar refractivity (Wildman–Crippen MR) is 81.7 cm³/mol. The fourth-order valence-electron chi connectivity index (χ4n) is 2.31. The maximum absolute atomic E-state index is 4.60. The minimum atomic E-state index is 0.628. The molecule has 7 heteroatoms. The molecule has 5 nitrogen and oxygen atoms in total. The van der Waals surface area contributed by atoms with Crippen LogP contribution in [0.3, 0.4) is 0 Å². The zero-order valence-corrected chi connectivity index (χ0v) is 13.1. The average molecular weight is 342 g/mol. The van der Waals surface area contributed by atoms with E-state index in [1.54, 1.807) is 11.3 Å². The lowest BCUT2D eigenvalue weighted by Crippen LogP contribution is -2.41. The normalized spacial score (nSPS) is 17.1. The van der Waals surface area contributed by atoms with Crippen LogP contribution >= 0.6 is 27.3 Å². The molecule has 0 unspecified atom stereocenters. The highest BCUT2D eigenvalue weighted by Crippen LogP contribution is 2.30. The second kappa shape index (κ2) is 5.60. The van der Waals surface area contributed by atoms with E-state index < -0.39 is 0 Å². The fraction of sp³-hybridized carbons (Fsp3) is 0.500. The molecule has 2 N–H and O–H groups in total. The lowest BCUT2D eigenvalue weighted by molar-refractivity contribution is 0.439. The number of anilines is 1. The molecule has 1 aliphatic heterocycles. The minimum Gasteiger partial charge on any atom is -0.339 e. The van der Waals surface area contributed by atoms with E-state index in [4.69, 9.17) is 0 Å². The van der Waals surface area contributed by atoms with E-state index in [2.05, 4.69) is 41.3 Å². The number of hydrogen-bond donors (Lipinski definition) is 2. The van der Waals surface area contributed by atoms with Crippen molar-refractivity contribution in [2.45, 2.75) is 18.9 Å². The number of aromatic amines is 1. The summed E-state index contributed by atoms with van der Waals surface area (Å²) in [4.78, 5) is 7.95. The molecule has 3 heterocycles. The van der Waals surface area contributed by atoms with Crippen LogP contribution in [0.1, 0.15) is 12.8 Å². The van der Waals surface area contributed by atoms with Crippen LogP contribution in [-0.2, 0) is 0 Å². The number of H-pyrrole nitrogens is 1. The molecule has 0 bridgehead atoms. The number of nitrogens with zero attached hydrogens (tertiary/aromatic N) is 3. The van der Waals surface area contributed by atoms with Gasteiger partial charge in [-0.3, -0.25) is 5.10 Å². The Labute approximate surface area is 124 Å². The van der Waals surface area contributed by atoms with Crippen molar-refractivity contribution in [1.29, 1.82) is 0 Å². The Balaban J connectivity index is 1.72. The van der Waals surface area contributed by atoms with E-state index in [-0.39, 0.29) is 0 Å². The number of nitrogens with one attached hydrogen (secondary N) is 2. The van der Waals surface area contributed by atoms with Crippen molar-refractivity contribution in [3.8, 4) is 10.7 Å². The molecule has 1 saturated heterocycles. The quantitative estimate of drug-likeness (QED) is 0.900. The van der Waals surface area contributed by atoms with E-state index in [9.17, 15) is 0 Å². The van der Waals surface area contributed by atoms with Crippen LogP contribution < -0.4 is 10.2 Å². The van der Waals surface area contributed by atoms with E-state index in [1.165, 1.54) is 0 Å². The Morgan fingerprint density at radius 1 is 1.42 bits per heavy atom. The molecule has 0 aliphatic carbocycles. The van der Waals surface area contributed by atoms with E-state index in [1.807, 2.05) is 19.2 Å². The predicted octanol–water partition coefficient (Wildman–Crippen LogP) is 2.48. The summed E-state index contributed by atoms with van der Waals surface area (Å²) in [5.74, 6) is 1.66. The average Bonchev–Trinajstić information content (AvgIpc) is 3.07. The van der Waals surface area contributed by atoms with Crippen LogP contribution in [0.5, 0.6) is 0 Å². The largest absolute Gasteiger partial charge is 0.339 e. The van der Waals surface area contributed by atoms with Gasteiger partial charge >= 0.3 is 0 Å². The molecular weight excluding hydrogens is 326 g/mol. The zero-order valence-electron chi connectivity index (χ0n) is 10.7. The maximum atomic E-state index is 4.60. The van der Waals surface area contributed by atoms with E-state index in [0.717, 1.165) is 46.4 Å². The summed E-state index contributed by atoms with van der Waals surface area (Å²) in [5.41, 5.74) is 0. The number of piperidine rings is 1. The molecule has 1 fully saturated rings. The SMILES string of the molecule is CNC1CCN(c2n[nH]c(-c3ccc(Br)s3)n2)CC1. The molecule has 3 rings (SSSR count). The Hall–Kier alpha value is -0.920. The topological polar surface area (TPSA) is 56.8 Å². The van der Waals surface area contributed by atoms with Gasteiger partial charge in [0.1, 0.15) is 0 Å². The number of halogens is 1. The lowest BCUT2D eigenvalue weighted by atomic mass is 10.1. The van der Waals surface area contributed by atoms with Crippen LogP contribution in [0, 0.1) is 0 Å². The number of hydrogen-bond acceptors (Lipinski definition) is 5. The highest BCUT2D eigenvalue weighted by atomic mass is 79.9. The van der Waals surface area contributed by atoms with Gasteiger partial charge in [-0.2, -0.15) is 4.98 Å². The van der Waals surface area contributed by atoms with Gasteiger partial charge in [0, 0.05) is 19.1 Å². The van der Waals surface area contributed by atoms with Crippen molar-refractivity contribution in [3.63, 3.8) is 0 Å². The molecule has 1 aliphatic rings. The fourth-order valence-corrected chi connectivity index (χ4v) is 3.64. The number of rotatable bonds is 3. The van der Waals surface area contributed by atoms with Crippen LogP contribution in [-0.4, -0.2) is 41.4 Å². The van der Waals surface area contributed by atoms with Crippen molar-refractivity contribution in [2.24, 2.45) is 0 Å². The summed E-state index contributed by atoms with van der Waals surface area (Å²) < 4.78 is 1.11. The van der Waals surface area contributed by atoms with Crippen LogP contribution in [0.15, 0.2) is 15.9 Å². The lowest BCUT2D eigenvalue weighted by Gasteiger charge is -2.30. The highest BCUT2D eigenvalue weighted by molar-refractivity contribution is 9.11. The Bertz CT molecular complexity index is 544. The van der Waals surface area contributed by atoms with Crippen molar-refractivity contribution in [3.05, 3.63) is 15.9 Å². The molecule has 0 spiro atoms. The zero-order chi connectivity index (χ0) is 13.2. The Morgan fingerprint density at radius 2 is 2.21 bits per heavy atom. The second-order valence-electron chi connectivity index (χ2n) is 4.64. The van der Waals surface area contributed by atoms with Crippen molar-refractivity contribution in [2.75, 3.05) is 25.0 Å². The highest BCUT2D eigenvalue weighted by Gasteiger charge is 2.21. The van der Waals surface area contributed by atoms with Gasteiger partial charge in [-0.05, 0) is 48.0 Å². The molecular formula is C12H16BrN5S. The molecule has 0 saturated carbocycles. The van der Waals surface area contributed by atoms with Gasteiger partial charge in [-0.25, -0.2) is 0 Å². The molecule has 2 aromatic heterocycles. The first-order chi connectivity index (χ1) is 9.26. The standard InChI is InChI=1S/C12H16BrN5S/c1-14-8-4-6-18(7-5-8)12-15-11(16-17-12)9-2-3-10(13)19-9/h2-3,8,14H,4-7H2,1H3,(H,15,16,17). The summed E-state index contributed by atoms with van der Waals surface area (Å²) in [7, 11) is 2.03. The summed E-state index contributed by atoms with van der Waals surface area (Å²) in [6.45, 7) is 2.02. The molecule has 102 valence electrons. The third-order valence-electron chi connectivity index (χ3n) is 3.47. The first kappa shape index (κ1) is 13.1. The summed E-state index contributed by atoms with van der Waals surface area (Å²) in [6.07, 6.45) is 2.29. The number of thiophene rings is 1. The molecule has 0 atom stereocenters. The van der Waals surface area contributed by atoms with Gasteiger partial charge in [-0.1, -0.05) is 0 Å². The third-order valence-corrected chi connectivity index (χ3v) is 5.10. The molecule has 2 aromatic rings. The Kier molecular flexibility index (Phi) is 3.86. The molecule has 0 aromatic carbocycles. The molecule has 0 radical (unpaired) electrons. The number of aromatic nitrogens is 3. The minimum absolute atomic E-state index is 0.628. The van der Waals surface area contributed by atoms with Gasteiger partial charge in [0.25, 0.3) is 0 Å². The first-order valence-electron chi connectivity index (χ1n) is 6.36. The van der Waals surface area contributed by atoms with Crippen LogP contribution in [0.4, 0.5) is 5.95 Å². The van der Waals surface area contributed by atoms with Crippen molar-refractivity contribution in [1.82, 2.24) is 20.5 Å². The van der Waals surface area contributed by atoms with Gasteiger partial charge in [0.2, 0.25) is 5.95 Å². The van der Waals surface area contributed by atoms with Crippen molar-refractivity contribution >= 4 is 33.2 Å². The first-order valence-corrected chi connectivity index (χ1v) is 7.97. The van der Waals surface area contributed by atoms with Crippen LogP contribution in [0.25, 0.3) is 10.7 Å². The third kappa shape index (κ3) is 2.82. The van der Waals surface area contributed by atoms with Gasteiger partial charge in [-0.15, -0.1) is 16.4 Å². The van der Waals surface area contributed by atoms with E-state index >= 15 is 0 Å². The van der Waals surface area contributed by atoms with Gasteiger partial charge in [0.05, 0.1) is 8.66 Å². The second-order valence-corrected chi connectivity index (χ2v) is 7.10. The summed E-state index contributed by atoms with van der Waals surface area (Å²) in [6, 6.07) is 4.70. The smallest absolute Gasteiger partial charge is 0.245 e. The Morgan fingerprint density at radius 3 is 2.84 bits per heavy atom. The van der Waals surface area contributed by atoms with Gasteiger partial charge in [0.15, 0.2) is 5.82 Å². The summed E-state index contributed by atoms with van der Waals surface area (Å²) in [5, 5.41) is 10.7. The van der Waals surface area contributed by atoms with E-state index in [0.29, 0.717) is 6.04 Å². The van der Waals surface area contributed by atoms with Gasteiger partial charge < -0.3 is 10.2 Å². The monoisotopic (exact) mass is 341 g/mol. The molecule has 0 amide bonds. The van der Waals surface area contributed by atoms with Crippen LogP contribution in [0.2, 0.25) is 0 Å². The molecule has 19 heavy (non-hydrogen) atoms. The maximum Gasteiger partial charge on any atom is 0.245 e. The van der Waals surface area contributed by atoms with Crippen molar-refractivity contribution < 1.29 is 0 Å². The summed E-state index contributed by atoms with van der Waals surface area (Å²) >= 11 is 5.13.